The fourth-order valence-electron chi connectivity index (χ4n) is 6.37. The van der Waals surface area contributed by atoms with Gasteiger partial charge < -0.3 is 5.32 Å². The van der Waals surface area contributed by atoms with Gasteiger partial charge in [-0.15, -0.1) is 0 Å². The molecule has 4 aliphatic carbocycles. The molecule has 1 heterocycles. The van der Waals surface area contributed by atoms with Crippen LogP contribution in [0.25, 0.3) is 0 Å². The first-order valence-corrected chi connectivity index (χ1v) is 11.6. The van der Waals surface area contributed by atoms with Gasteiger partial charge in [0.2, 0.25) is 15.9 Å². The molecule has 3 N–H and O–H groups in total. The third-order valence-corrected chi connectivity index (χ3v) is 8.05. The van der Waals surface area contributed by atoms with E-state index < -0.39 is 10.0 Å². The Morgan fingerprint density at radius 2 is 1.86 bits per heavy atom. The van der Waals surface area contributed by atoms with Gasteiger partial charge in [-0.2, -0.15) is 5.10 Å². The summed E-state index contributed by atoms with van der Waals surface area (Å²) in [5.41, 5.74) is 0.410. The summed E-state index contributed by atoms with van der Waals surface area (Å²) in [4.78, 5) is 17.6. The van der Waals surface area contributed by atoms with Crippen molar-refractivity contribution in [3.63, 3.8) is 0 Å². The lowest BCUT2D eigenvalue weighted by Gasteiger charge is -2.60. The van der Waals surface area contributed by atoms with Crippen LogP contribution in [0.15, 0.2) is 41.8 Å². The minimum absolute atomic E-state index is 0.0726. The van der Waals surface area contributed by atoms with Gasteiger partial charge in [0, 0.05) is 6.54 Å². The molecule has 4 atom stereocenters. The molecule has 6 rings (SSSR count). The average Bonchev–Trinajstić information content (AvgIpc) is 3.20. The van der Waals surface area contributed by atoms with Gasteiger partial charge in [-0.3, -0.25) is 4.79 Å². The number of nitrogens with one attached hydrogen (secondary N) is 1. The number of nitrogens with two attached hydrogens (primary N) is 1. The summed E-state index contributed by atoms with van der Waals surface area (Å²) in [6.07, 6.45) is 9.44. The summed E-state index contributed by atoms with van der Waals surface area (Å²) in [6.45, 7) is 0.372. The van der Waals surface area contributed by atoms with Crippen LogP contribution < -0.4 is 10.5 Å². The fraction of sp³-hybridized carbons (Fsp3) is 0.550. The molecular formula is C20H25N5O3S. The molecule has 2 aromatic rings. The first kappa shape index (κ1) is 18.7. The van der Waals surface area contributed by atoms with Gasteiger partial charge in [0.05, 0.1) is 15.8 Å². The van der Waals surface area contributed by atoms with Crippen LogP contribution in [0.4, 0.5) is 0 Å². The second-order valence-electron chi connectivity index (χ2n) is 9.18. The minimum Gasteiger partial charge on any atom is -0.352 e. The van der Waals surface area contributed by atoms with Gasteiger partial charge in [0.25, 0.3) is 0 Å². The van der Waals surface area contributed by atoms with Gasteiger partial charge in [-0.1, -0.05) is 12.1 Å². The highest BCUT2D eigenvalue weighted by Crippen LogP contribution is 2.64. The number of sulfonamides is 1. The largest absolute Gasteiger partial charge is 0.352 e. The predicted molar refractivity (Wildman–Crippen MR) is 105 cm³/mol. The number of hydrogen-bond donors (Lipinski definition) is 2. The zero-order valence-corrected chi connectivity index (χ0v) is 16.9. The number of carbonyl (C=O) groups is 1. The maximum absolute atomic E-state index is 13.3. The van der Waals surface area contributed by atoms with Crippen LogP contribution in [0, 0.1) is 17.3 Å². The van der Waals surface area contributed by atoms with E-state index in [-0.39, 0.29) is 21.8 Å². The lowest BCUT2D eigenvalue weighted by molar-refractivity contribution is -0.156. The fourth-order valence-corrected chi connectivity index (χ4v) is 6.88. The summed E-state index contributed by atoms with van der Waals surface area (Å²) in [5.74, 6) is 1.21. The monoisotopic (exact) mass is 415 g/mol. The third-order valence-electron chi connectivity index (χ3n) is 7.12. The maximum atomic E-state index is 13.3. The van der Waals surface area contributed by atoms with Gasteiger partial charge in [0.15, 0.2) is 0 Å². The Hall–Kier alpha value is -2.26. The second kappa shape index (κ2) is 6.37. The number of aromatic nitrogens is 3. The Balaban J connectivity index is 1.33. The Bertz CT molecular complexity index is 1020. The van der Waals surface area contributed by atoms with Crippen molar-refractivity contribution in [3.8, 4) is 0 Å². The first-order valence-electron chi connectivity index (χ1n) is 10.0. The number of benzene rings is 1. The molecule has 0 aliphatic heterocycles. The molecule has 1 aromatic heterocycles. The summed E-state index contributed by atoms with van der Waals surface area (Å²) >= 11 is 0. The van der Waals surface area contributed by atoms with Crippen LogP contribution in [0.2, 0.25) is 0 Å². The van der Waals surface area contributed by atoms with Crippen LogP contribution in [0.3, 0.4) is 0 Å². The summed E-state index contributed by atoms with van der Waals surface area (Å²) < 4.78 is 24.8. The van der Waals surface area contributed by atoms with Gasteiger partial charge in [-0.25, -0.2) is 23.2 Å². The first-order chi connectivity index (χ1) is 13.8. The topological polar surface area (TPSA) is 120 Å². The molecule has 4 fully saturated rings. The second-order valence-corrected chi connectivity index (χ2v) is 10.7. The van der Waals surface area contributed by atoms with E-state index in [0.717, 1.165) is 37.7 Å². The number of amides is 1. The third kappa shape index (κ3) is 3.16. The number of carbonyl (C=O) groups excluding carboxylic acids is 1. The highest BCUT2D eigenvalue weighted by Gasteiger charge is 2.61. The van der Waals surface area contributed by atoms with Crippen molar-refractivity contribution in [3.05, 3.63) is 42.5 Å². The molecule has 1 aromatic carbocycles. The van der Waals surface area contributed by atoms with Crippen LogP contribution >= 0.6 is 0 Å². The smallest absolute Gasteiger partial charge is 0.238 e. The van der Waals surface area contributed by atoms with Gasteiger partial charge in [-0.05, 0) is 68.1 Å². The molecule has 0 saturated heterocycles. The van der Waals surface area contributed by atoms with E-state index in [0.29, 0.717) is 18.4 Å². The maximum Gasteiger partial charge on any atom is 0.238 e. The molecule has 4 aliphatic rings. The molecule has 154 valence electrons. The molecule has 29 heavy (non-hydrogen) atoms. The Kier molecular flexibility index (Phi) is 4.12. The molecule has 4 bridgehead atoms. The van der Waals surface area contributed by atoms with Crippen molar-refractivity contribution in [2.24, 2.45) is 22.4 Å². The highest BCUT2D eigenvalue weighted by atomic mass is 32.2. The predicted octanol–water partition coefficient (Wildman–Crippen LogP) is 1.54. The average molecular weight is 416 g/mol. The van der Waals surface area contributed by atoms with Crippen LogP contribution in [0.5, 0.6) is 0 Å². The van der Waals surface area contributed by atoms with Crippen LogP contribution in [-0.4, -0.2) is 29.1 Å². The Labute approximate surface area is 169 Å². The molecular weight excluding hydrogens is 390 g/mol. The molecule has 2 unspecified atom stereocenters. The Morgan fingerprint density at radius 3 is 2.45 bits per heavy atom. The van der Waals surface area contributed by atoms with E-state index in [9.17, 15) is 13.2 Å². The molecule has 0 spiro atoms. The van der Waals surface area contributed by atoms with Crippen molar-refractivity contribution in [2.45, 2.75) is 55.5 Å². The molecule has 1 amide bonds. The standard InChI is InChI=1S/C20H25N5O3S/c21-29(27,28)17-3-1-14(2-4-17)10-23-18(26)19-6-15-5-16(7-19)9-20(8-15,11-19)25-13-22-12-24-25/h1-4,12-13,15-16H,5-11H2,(H,23,26)(H2,21,27,28)/t15-,16+,19?,20?. The van der Waals surface area contributed by atoms with E-state index >= 15 is 0 Å². The number of nitrogens with zero attached hydrogens (tertiary/aromatic N) is 3. The van der Waals surface area contributed by atoms with Crippen molar-refractivity contribution in [2.75, 3.05) is 0 Å². The zero-order chi connectivity index (χ0) is 20.3. The highest BCUT2D eigenvalue weighted by molar-refractivity contribution is 7.89. The van der Waals surface area contributed by atoms with E-state index in [1.165, 1.54) is 18.6 Å². The van der Waals surface area contributed by atoms with Gasteiger partial charge in [0.1, 0.15) is 12.7 Å². The summed E-state index contributed by atoms with van der Waals surface area (Å²) in [7, 11) is -3.71. The van der Waals surface area contributed by atoms with E-state index in [2.05, 4.69) is 15.4 Å². The van der Waals surface area contributed by atoms with E-state index in [1.807, 2.05) is 4.68 Å². The summed E-state index contributed by atoms with van der Waals surface area (Å²) in [5, 5.41) is 12.7. The van der Waals surface area contributed by atoms with E-state index in [4.69, 9.17) is 5.14 Å². The quantitative estimate of drug-likeness (QED) is 0.767. The Morgan fingerprint density at radius 1 is 1.17 bits per heavy atom. The number of primary sulfonamides is 1. The van der Waals surface area contributed by atoms with Crippen molar-refractivity contribution >= 4 is 15.9 Å². The zero-order valence-electron chi connectivity index (χ0n) is 16.1. The van der Waals surface area contributed by atoms with Gasteiger partial charge >= 0.3 is 0 Å². The lowest BCUT2D eigenvalue weighted by Crippen LogP contribution is -2.60. The number of rotatable bonds is 5. The number of hydrogen-bond acceptors (Lipinski definition) is 5. The normalized spacial score (nSPS) is 33.0. The van der Waals surface area contributed by atoms with Crippen molar-refractivity contribution < 1.29 is 13.2 Å². The summed E-state index contributed by atoms with van der Waals surface area (Å²) in [6, 6.07) is 6.33. The molecule has 0 radical (unpaired) electrons. The van der Waals surface area contributed by atoms with Crippen LogP contribution in [-0.2, 0) is 26.9 Å². The van der Waals surface area contributed by atoms with E-state index in [1.54, 1.807) is 24.8 Å². The van der Waals surface area contributed by atoms with Crippen LogP contribution in [0.1, 0.15) is 44.1 Å². The van der Waals surface area contributed by atoms with Crippen molar-refractivity contribution in [1.82, 2.24) is 20.1 Å². The van der Waals surface area contributed by atoms with Crippen molar-refractivity contribution in [1.29, 1.82) is 0 Å². The minimum atomic E-state index is -3.71. The molecule has 4 saturated carbocycles. The molecule has 9 heteroatoms. The SMILES string of the molecule is NS(=O)(=O)c1ccc(CNC(=O)C23C[C@H]4C[C@@H](C2)CC(n2cncn2)(C4)C3)cc1. The molecule has 8 nitrogen and oxygen atoms in total. The lowest BCUT2D eigenvalue weighted by atomic mass is 9.46.